The Labute approximate surface area is 299 Å². The number of aromatic nitrogens is 1. The van der Waals surface area contributed by atoms with Crippen molar-refractivity contribution < 1.29 is 38.2 Å². The molecule has 0 aliphatic carbocycles. The lowest BCUT2D eigenvalue weighted by atomic mass is 10.0. The van der Waals surface area contributed by atoms with E-state index in [1.165, 1.54) is 16.7 Å². The van der Waals surface area contributed by atoms with Crippen LogP contribution in [-0.4, -0.2) is 79.4 Å². The van der Waals surface area contributed by atoms with Gasteiger partial charge in [-0.25, -0.2) is 14.6 Å². The van der Waals surface area contributed by atoms with Crippen molar-refractivity contribution in [3.05, 3.63) is 51.1 Å². The van der Waals surface area contributed by atoms with Crippen LogP contribution in [0.2, 0.25) is 4.34 Å². The Kier molecular flexibility index (Phi) is 11.7. The van der Waals surface area contributed by atoms with E-state index < -0.39 is 46.5 Å². The second-order valence-electron chi connectivity index (χ2n) is 12.3. The normalized spacial score (nSPS) is 18.2. The summed E-state index contributed by atoms with van der Waals surface area (Å²) in [6, 6.07) is 6.11. The number of benzene rings is 1. The summed E-state index contributed by atoms with van der Waals surface area (Å²) in [7, 11) is 1.56. The van der Waals surface area contributed by atoms with Gasteiger partial charge in [0.25, 0.3) is 11.8 Å². The van der Waals surface area contributed by atoms with E-state index in [1.54, 1.807) is 72.9 Å². The summed E-state index contributed by atoms with van der Waals surface area (Å²) in [5, 5.41) is 8.76. The van der Waals surface area contributed by atoms with Gasteiger partial charge in [0.15, 0.2) is 10.8 Å². The predicted octanol–water partition coefficient (Wildman–Crippen LogP) is 5.50. The van der Waals surface area contributed by atoms with Crippen molar-refractivity contribution in [3.8, 4) is 5.75 Å². The molecule has 1 saturated heterocycles. The SMILES string of the molecule is COc1ccc(COC(=O)C2=C(CI)CSC3C(NC(=O)/C(=N\OC(C)(C)C)c4nc(NC(=O)OC(C)(C)C)sc4Cl)C(=O)N23)cc1. The van der Waals surface area contributed by atoms with Crippen LogP contribution in [-0.2, 0) is 35.3 Å². The summed E-state index contributed by atoms with van der Waals surface area (Å²) in [5.74, 6) is -0.758. The number of β-lactam (4-membered cyclic amide) rings is 1. The van der Waals surface area contributed by atoms with Gasteiger partial charge in [-0.2, -0.15) is 0 Å². The molecule has 4 rings (SSSR count). The number of nitrogens with one attached hydrogen (secondary N) is 2. The number of halogens is 2. The number of carbonyl (C=O) groups is 4. The van der Waals surface area contributed by atoms with Crippen LogP contribution in [0.4, 0.5) is 9.93 Å². The molecule has 0 bridgehead atoms. The number of fused-ring (bicyclic) bond motifs is 1. The molecule has 3 amide bonds. The molecular weight excluding hydrogens is 785 g/mol. The van der Waals surface area contributed by atoms with E-state index in [0.29, 0.717) is 15.9 Å². The number of alkyl halides is 1. The van der Waals surface area contributed by atoms with E-state index in [1.807, 2.05) is 0 Å². The third-order valence-electron chi connectivity index (χ3n) is 6.26. The Morgan fingerprint density at radius 2 is 1.81 bits per heavy atom. The van der Waals surface area contributed by atoms with Gasteiger partial charge < -0.3 is 24.4 Å². The number of nitrogens with zero attached hydrogens (tertiary/aromatic N) is 3. The van der Waals surface area contributed by atoms with Crippen molar-refractivity contribution in [2.24, 2.45) is 5.16 Å². The lowest BCUT2D eigenvalue weighted by Gasteiger charge is -2.49. The maximum Gasteiger partial charge on any atom is 0.413 e. The van der Waals surface area contributed by atoms with Crippen molar-refractivity contribution in [3.63, 3.8) is 0 Å². The Bertz CT molecular complexity index is 1600. The number of rotatable bonds is 10. The quantitative estimate of drug-likeness (QED) is 0.0784. The number of esters is 1. The van der Waals surface area contributed by atoms with Crippen molar-refractivity contribution in [2.45, 2.75) is 70.8 Å². The number of thiazole rings is 1. The Hall–Kier alpha value is -3.09. The largest absolute Gasteiger partial charge is 0.497 e. The molecule has 254 valence electrons. The van der Waals surface area contributed by atoms with Gasteiger partial charge in [0.2, 0.25) is 0 Å². The summed E-state index contributed by atoms with van der Waals surface area (Å²) >= 11 is 10.9. The number of amides is 3. The van der Waals surface area contributed by atoms with Gasteiger partial charge in [-0.3, -0.25) is 19.8 Å². The van der Waals surface area contributed by atoms with Crippen LogP contribution in [0.5, 0.6) is 5.75 Å². The summed E-state index contributed by atoms with van der Waals surface area (Å²) in [6.45, 7) is 10.4. The summed E-state index contributed by atoms with van der Waals surface area (Å²) in [4.78, 5) is 64.0. The highest BCUT2D eigenvalue weighted by atomic mass is 127. The van der Waals surface area contributed by atoms with Crippen LogP contribution >= 0.6 is 57.3 Å². The van der Waals surface area contributed by atoms with E-state index in [2.05, 4.69) is 43.4 Å². The maximum atomic E-state index is 13.7. The Morgan fingerprint density at radius 3 is 2.40 bits per heavy atom. The molecule has 17 heteroatoms. The number of anilines is 1. The molecule has 2 aliphatic rings. The highest BCUT2D eigenvalue weighted by molar-refractivity contribution is 14.1. The third-order valence-corrected chi connectivity index (χ3v) is 9.69. The number of hydrogen-bond acceptors (Lipinski definition) is 12. The van der Waals surface area contributed by atoms with Gasteiger partial charge in [0, 0.05) is 10.2 Å². The third kappa shape index (κ3) is 9.29. The fourth-order valence-corrected chi connectivity index (χ4v) is 7.56. The molecule has 0 spiro atoms. The smallest absolute Gasteiger partial charge is 0.413 e. The van der Waals surface area contributed by atoms with Crippen LogP contribution in [0.3, 0.4) is 0 Å². The van der Waals surface area contributed by atoms with E-state index >= 15 is 0 Å². The van der Waals surface area contributed by atoms with E-state index in [0.717, 1.165) is 22.5 Å². The Morgan fingerprint density at radius 1 is 1.13 bits per heavy atom. The monoisotopic (exact) mass is 819 g/mol. The maximum absolute atomic E-state index is 13.7. The number of methoxy groups -OCH3 is 1. The second kappa shape index (κ2) is 15.0. The second-order valence-corrected chi connectivity index (χ2v) is 15.8. The molecule has 0 saturated carbocycles. The summed E-state index contributed by atoms with van der Waals surface area (Å²) in [5.41, 5.74) is -0.196. The minimum atomic E-state index is -0.982. The minimum absolute atomic E-state index is 0.00757. The van der Waals surface area contributed by atoms with Gasteiger partial charge in [0.1, 0.15) is 50.7 Å². The minimum Gasteiger partial charge on any atom is -0.497 e. The van der Waals surface area contributed by atoms with Crippen molar-refractivity contribution in [1.29, 1.82) is 0 Å². The van der Waals surface area contributed by atoms with Gasteiger partial charge in [0.05, 0.1) is 7.11 Å². The number of hydrogen-bond donors (Lipinski definition) is 2. The highest BCUT2D eigenvalue weighted by Crippen LogP contribution is 2.41. The first-order chi connectivity index (χ1) is 22.0. The molecule has 2 atom stereocenters. The zero-order valence-corrected chi connectivity index (χ0v) is 31.3. The van der Waals surface area contributed by atoms with Crippen molar-refractivity contribution in [1.82, 2.24) is 15.2 Å². The van der Waals surface area contributed by atoms with Crippen LogP contribution in [0.25, 0.3) is 0 Å². The lowest BCUT2D eigenvalue weighted by molar-refractivity contribution is -0.153. The fourth-order valence-electron chi connectivity index (χ4n) is 4.19. The first-order valence-corrected chi connectivity index (χ1v) is 18.0. The lowest BCUT2D eigenvalue weighted by Crippen LogP contribution is -2.71. The first-order valence-electron chi connectivity index (χ1n) is 14.3. The molecule has 13 nitrogen and oxygen atoms in total. The average Bonchev–Trinajstić information content (AvgIpc) is 3.35. The average molecular weight is 820 g/mol. The van der Waals surface area contributed by atoms with Crippen LogP contribution in [0.1, 0.15) is 52.8 Å². The van der Waals surface area contributed by atoms with Crippen LogP contribution in [0.15, 0.2) is 40.7 Å². The molecule has 2 aliphatic heterocycles. The van der Waals surface area contributed by atoms with Gasteiger partial charge in [-0.1, -0.05) is 62.8 Å². The molecule has 1 aromatic heterocycles. The van der Waals surface area contributed by atoms with Crippen molar-refractivity contribution >= 4 is 92.0 Å². The highest BCUT2D eigenvalue weighted by Gasteiger charge is 2.54. The number of ether oxygens (including phenoxy) is 3. The Balaban J connectivity index is 1.51. The standard InChI is InChI=1S/C30H35ClIN5O8S2/c1-29(2,3)44-28(41)35-27-34-18(22(31)47-27)19(36-45-30(4,5)6)23(38)33-20-24(39)37-21(16(12-32)14-46-25(20)37)26(40)43-13-15-8-10-17(42-7)11-9-15/h8-11,20,25H,12-14H2,1-7H3,(H,33,38)(H,34,35,41)/b36-19-. The topological polar surface area (TPSA) is 158 Å². The predicted molar refractivity (Wildman–Crippen MR) is 188 cm³/mol. The van der Waals surface area contributed by atoms with Crippen LogP contribution in [0, 0.1) is 0 Å². The molecule has 3 heterocycles. The summed E-state index contributed by atoms with van der Waals surface area (Å²) < 4.78 is 16.6. The molecular formula is C30H35ClIN5O8S2. The molecule has 2 aromatic rings. The molecule has 47 heavy (non-hydrogen) atoms. The number of oxime groups is 1. The van der Waals surface area contributed by atoms with E-state index in [9.17, 15) is 19.2 Å². The van der Waals surface area contributed by atoms with E-state index in [4.69, 9.17) is 30.6 Å². The van der Waals surface area contributed by atoms with Gasteiger partial charge >= 0.3 is 12.1 Å². The molecule has 1 aromatic carbocycles. The zero-order chi connectivity index (χ0) is 34.7. The summed E-state index contributed by atoms with van der Waals surface area (Å²) in [6.07, 6.45) is -0.755. The molecule has 1 fully saturated rings. The van der Waals surface area contributed by atoms with Gasteiger partial charge in [-0.05, 0) is 64.8 Å². The van der Waals surface area contributed by atoms with Crippen molar-refractivity contribution in [2.75, 3.05) is 22.6 Å². The number of thioether (sulfide) groups is 1. The van der Waals surface area contributed by atoms with Crippen LogP contribution < -0.4 is 15.4 Å². The molecule has 2 N–H and O–H groups in total. The molecule has 2 unspecified atom stereocenters. The zero-order valence-electron chi connectivity index (χ0n) is 26.8. The molecule has 0 radical (unpaired) electrons. The fraction of sp³-hybridized carbons (Fsp3) is 0.467. The van der Waals surface area contributed by atoms with E-state index in [-0.39, 0.29) is 33.2 Å². The van der Waals surface area contributed by atoms with Gasteiger partial charge in [-0.15, -0.1) is 11.8 Å². The number of carbonyl (C=O) groups excluding carboxylic acids is 4. The first kappa shape index (κ1) is 36.7.